The normalized spacial score (nSPS) is 21.6. The molecule has 8 heteroatoms. The zero-order chi connectivity index (χ0) is 22.4. The summed E-state index contributed by atoms with van der Waals surface area (Å²) in [6.45, 7) is 0. The van der Waals surface area contributed by atoms with Gasteiger partial charge in [-0.15, -0.1) is 0 Å². The van der Waals surface area contributed by atoms with Gasteiger partial charge in [0.15, 0.2) is 0 Å². The van der Waals surface area contributed by atoms with Crippen LogP contribution in [0.3, 0.4) is 0 Å². The van der Waals surface area contributed by atoms with Gasteiger partial charge < -0.3 is 16.6 Å². The van der Waals surface area contributed by atoms with Crippen molar-refractivity contribution in [2.24, 2.45) is 11.7 Å². The number of primary amides is 1. The molecule has 8 nitrogen and oxygen atoms in total. The van der Waals surface area contributed by atoms with Crippen LogP contribution in [-0.4, -0.2) is 31.7 Å². The van der Waals surface area contributed by atoms with Crippen LogP contribution < -0.4 is 22.0 Å². The second kappa shape index (κ2) is 7.64. The van der Waals surface area contributed by atoms with Gasteiger partial charge in [-0.25, -0.2) is 9.67 Å². The lowest BCUT2D eigenvalue weighted by atomic mass is 9.80. The molecule has 0 aliphatic heterocycles. The van der Waals surface area contributed by atoms with E-state index in [-0.39, 0.29) is 23.3 Å². The molecule has 162 valence electrons. The second-order valence-corrected chi connectivity index (χ2v) is 8.36. The summed E-state index contributed by atoms with van der Waals surface area (Å²) in [5.41, 5.74) is 14.5. The topological polar surface area (TPSA) is 137 Å². The number of pyridine rings is 1. The predicted molar refractivity (Wildman–Crippen MR) is 120 cm³/mol. The average Bonchev–Trinajstić information content (AvgIpc) is 3.09. The van der Waals surface area contributed by atoms with Crippen LogP contribution in [0.15, 0.2) is 42.5 Å². The number of anilines is 1. The quantitative estimate of drug-likeness (QED) is 0.561. The Bertz CT molecular complexity index is 1340. The minimum Gasteiger partial charge on any atom is -0.481 e. The van der Waals surface area contributed by atoms with Crippen LogP contribution in [0.2, 0.25) is 0 Å². The Morgan fingerprint density at radius 3 is 2.53 bits per heavy atom. The summed E-state index contributed by atoms with van der Waals surface area (Å²) in [6, 6.07) is 13.8. The number of fused-ring (bicyclic) bond motifs is 1. The molecule has 1 amide bonds. The van der Waals surface area contributed by atoms with Gasteiger partial charge in [0, 0.05) is 11.5 Å². The summed E-state index contributed by atoms with van der Waals surface area (Å²) in [5.74, 6) is -1.88. The monoisotopic (exact) mass is 429 g/mol. The third-order valence-electron chi connectivity index (χ3n) is 6.36. The fourth-order valence-electron chi connectivity index (χ4n) is 4.51. The lowest BCUT2D eigenvalue weighted by molar-refractivity contribution is -0.146. The van der Waals surface area contributed by atoms with Crippen LogP contribution in [-0.2, 0) is 4.79 Å². The van der Waals surface area contributed by atoms with Crippen LogP contribution in [0.25, 0.3) is 23.4 Å². The van der Waals surface area contributed by atoms with Gasteiger partial charge in [-0.3, -0.25) is 9.59 Å². The summed E-state index contributed by atoms with van der Waals surface area (Å²) in [6.07, 6.45) is 5.58. The van der Waals surface area contributed by atoms with Crippen molar-refractivity contribution >= 4 is 29.8 Å². The SMILES string of the molecule is NC(=O)c1c(C2C=c3nc(-c4ccccc4)ccc3=CC2)nn([C@H]2C[C@@H](C(=O)O)C2)c1N. The van der Waals surface area contributed by atoms with Crippen LogP contribution in [0.5, 0.6) is 0 Å². The number of aliphatic carboxylic acids is 1. The molecule has 2 aliphatic rings. The molecule has 32 heavy (non-hydrogen) atoms. The van der Waals surface area contributed by atoms with Gasteiger partial charge in [0.1, 0.15) is 11.4 Å². The zero-order valence-corrected chi connectivity index (χ0v) is 17.3. The van der Waals surface area contributed by atoms with Crippen molar-refractivity contribution in [2.45, 2.75) is 31.2 Å². The van der Waals surface area contributed by atoms with E-state index in [0.29, 0.717) is 25.0 Å². The number of rotatable bonds is 5. The molecular formula is C24H23N5O3. The predicted octanol–water partition coefficient (Wildman–Crippen LogP) is 1.41. The van der Waals surface area contributed by atoms with Crippen LogP contribution >= 0.6 is 0 Å². The first-order chi connectivity index (χ1) is 15.4. The lowest BCUT2D eigenvalue weighted by Gasteiger charge is -2.32. The summed E-state index contributed by atoms with van der Waals surface area (Å²) in [5, 5.41) is 15.7. The highest BCUT2D eigenvalue weighted by Crippen LogP contribution is 2.41. The largest absolute Gasteiger partial charge is 0.481 e. The highest BCUT2D eigenvalue weighted by Gasteiger charge is 2.39. The number of carboxylic acids is 1. The van der Waals surface area contributed by atoms with E-state index < -0.39 is 17.8 Å². The number of carbonyl (C=O) groups is 2. The molecule has 0 spiro atoms. The number of nitrogen functional groups attached to an aromatic ring is 1. The van der Waals surface area contributed by atoms with E-state index in [4.69, 9.17) is 21.6 Å². The lowest BCUT2D eigenvalue weighted by Crippen LogP contribution is -2.33. The van der Waals surface area contributed by atoms with Crippen molar-refractivity contribution in [3.63, 3.8) is 0 Å². The Morgan fingerprint density at radius 1 is 1.09 bits per heavy atom. The Hall–Kier alpha value is -3.94. The minimum absolute atomic E-state index is 0.148. The van der Waals surface area contributed by atoms with E-state index in [1.54, 1.807) is 4.68 Å². The molecular weight excluding hydrogens is 406 g/mol. The molecule has 1 atom stereocenters. The van der Waals surface area contributed by atoms with E-state index in [2.05, 4.69) is 11.2 Å². The van der Waals surface area contributed by atoms with Crippen molar-refractivity contribution in [3.8, 4) is 11.3 Å². The van der Waals surface area contributed by atoms with Crippen molar-refractivity contribution in [2.75, 3.05) is 5.73 Å². The maximum atomic E-state index is 12.2. The first kappa shape index (κ1) is 20.0. The molecule has 1 unspecified atom stereocenters. The van der Waals surface area contributed by atoms with Crippen molar-refractivity contribution < 1.29 is 14.7 Å². The smallest absolute Gasteiger partial charge is 0.306 e. The Labute approximate surface area is 183 Å². The first-order valence-corrected chi connectivity index (χ1v) is 10.6. The number of aromatic nitrogens is 3. The molecule has 5 rings (SSSR count). The summed E-state index contributed by atoms with van der Waals surface area (Å²) >= 11 is 0. The number of carbonyl (C=O) groups excluding carboxylic acids is 1. The molecule has 1 aromatic carbocycles. The van der Waals surface area contributed by atoms with Crippen molar-refractivity contribution in [1.82, 2.24) is 14.8 Å². The molecule has 2 heterocycles. The summed E-state index contributed by atoms with van der Waals surface area (Å²) < 4.78 is 1.58. The van der Waals surface area contributed by atoms with Crippen LogP contribution in [0.4, 0.5) is 5.82 Å². The van der Waals surface area contributed by atoms with Gasteiger partial charge in [-0.2, -0.15) is 5.10 Å². The van der Waals surface area contributed by atoms with Crippen molar-refractivity contribution in [3.05, 3.63) is 64.3 Å². The number of hydrogen-bond acceptors (Lipinski definition) is 5. The van der Waals surface area contributed by atoms with Crippen LogP contribution in [0.1, 0.15) is 47.3 Å². The number of nitrogens with two attached hydrogens (primary N) is 2. The molecule has 0 saturated heterocycles. The molecule has 1 fully saturated rings. The fourth-order valence-corrected chi connectivity index (χ4v) is 4.51. The number of benzene rings is 1. The Morgan fingerprint density at radius 2 is 1.84 bits per heavy atom. The summed E-state index contributed by atoms with van der Waals surface area (Å²) in [4.78, 5) is 28.2. The molecule has 0 bridgehead atoms. The van der Waals surface area contributed by atoms with E-state index >= 15 is 0 Å². The van der Waals surface area contributed by atoms with Crippen molar-refractivity contribution in [1.29, 1.82) is 0 Å². The average molecular weight is 429 g/mol. The highest BCUT2D eigenvalue weighted by molar-refractivity contribution is 5.99. The first-order valence-electron chi connectivity index (χ1n) is 10.6. The van der Waals surface area contributed by atoms with Gasteiger partial charge in [-0.05, 0) is 36.6 Å². The van der Waals surface area contributed by atoms with E-state index in [9.17, 15) is 9.59 Å². The number of nitrogens with zero attached hydrogens (tertiary/aromatic N) is 3. The minimum atomic E-state index is -0.825. The highest BCUT2D eigenvalue weighted by atomic mass is 16.4. The fraction of sp³-hybridized carbons (Fsp3) is 0.250. The third kappa shape index (κ3) is 3.33. The molecule has 5 N–H and O–H groups in total. The molecule has 1 saturated carbocycles. The zero-order valence-electron chi connectivity index (χ0n) is 17.3. The third-order valence-corrected chi connectivity index (χ3v) is 6.36. The van der Waals surface area contributed by atoms with E-state index in [0.717, 1.165) is 21.8 Å². The van der Waals surface area contributed by atoms with Gasteiger partial charge in [0.05, 0.1) is 28.7 Å². The molecule has 2 aliphatic carbocycles. The number of hydrogen-bond donors (Lipinski definition) is 3. The molecule has 3 aromatic rings. The molecule has 2 aromatic heterocycles. The standard InChI is InChI=1S/C24H23N5O3/c25-22-20(23(26)30)21(28-29(22)17-10-16(11-17)24(31)32)15-7-6-14-8-9-18(27-19(14)12-15)13-4-2-1-3-5-13/h1-6,8-9,12,15-17H,7,10-11,25H2,(H2,26,30)(H,31,32)/t15?,16-,17+. The number of amides is 1. The summed E-state index contributed by atoms with van der Waals surface area (Å²) in [7, 11) is 0. The Kier molecular flexibility index (Phi) is 4.77. The number of carboxylic acid groups (broad SMARTS) is 1. The maximum absolute atomic E-state index is 12.2. The van der Waals surface area contributed by atoms with Gasteiger partial charge in [-0.1, -0.05) is 42.5 Å². The molecule has 0 radical (unpaired) electrons. The Balaban J connectivity index is 1.53. The maximum Gasteiger partial charge on any atom is 0.306 e. The van der Waals surface area contributed by atoms with Crippen LogP contribution in [0, 0.1) is 5.92 Å². The van der Waals surface area contributed by atoms with Gasteiger partial charge in [0.25, 0.3) is 5.91 Å². The second-order valence-electron chi connectivity index (χ2n) is 8.36. The van der Waals surface area contributed by atoms with E-state index in [1.165, 1.54) is 0 Å². The van der Waals surface area contributed by atoms with E-state index in [1.807, 2.05) is 48.5 Å². The van der Waals surface area contributed by atoms with Gasteiger partial charge >= 0.3 is 5.97 Å². The van der Waals surface area contributed by atoms with Gasteiger partial charge in [0.2, 0.25) is 0 Å².